The number of fused-ring (bicyclic) bond motifs is 1. The Labute approximate surface area is 150 Å². The van der Waals surface area contributed by atoms with Gasteiger partial charge in [0, 0.05) is 10.6 Å². The zero-order valence-electron chi connectivity index (χ0n) is 12.5. The molecule has 0 saturated carbocycles. The summed E-state index contributed by atoms with van der Waals surface area (Å²) >= 11 is 6.70. The maximum Gasteiger partial charge on any atom is 0.354 e. The molecule has 6 nitrogen and oxygen atoms in total. The first-order valence-corrected chi connectivity index (χ1v) is 8.33. The Bertz CT molecular complexity index is 1120. The van der Waals surface area contributed by atoms with Crippen LogP contribution in [0.15, 0.2) is 72.3 Å². The number of para-hydroxylation sites is 1. The van der Waals surface area contributed by atoms with Crippen LogP contribution >= 0.6 is 23.4 Å². The molecule has 0 aliphatic carbocycles. The van der Waals surface area contributed by atoms with E-state index >= 15 is 0 Å². The molecule has 8 heteroatoms. The van der Waals surface area contributed by atoms with Crippen molar-refractivity contribution in [1.82, 2.24) is 10.2 Å². The van der Waals surface area contributed by atoms with Gasteiger partial charge in [0.2, 0.25) is 5.89 Å². The highest BCUT2D eigenvalue weighted by Gasteiger charge is 2.18. The molecule has 0 atom stereocenters. The average Bonchev–Trinajstić information content (AvgIpc) is 3.08. The summed E-state index contributed by atoms with van der Waals surface area (Å²) in [6.45, 7) is 0. The Kier molecular flexibility index (Phi) is 3.95. The van der Waals surface area contributed by atoms with Gasteiger partial charge in [0.25, 0.3) is 5.22 Å². The molecule has 0 bridgehead atoms. The molecule has 2 aromatic heterocycles. The standard InChI is InChI=1S/C17H9ClN2O4S/c18-10-7-5-9(6-8-10)15-19-20-17(24-15)25-14-13(21)11-3-1-2-4-12(11)23-16(14)22/h1-8,21H. The molecule has 2 heterocycles. The fraction of sp³-hybridized carbons (Fsp3) is 0. The first kappa shape index (κ1) is 15.7. The lowest BCUT2D eigenvalue weighted by Crippen LogP contribution is -2.02. The lowest BCUT2D eigenvalue weighted by atomic mass is 10.2. The molecular formula is C17H9ClN2O4S. The topological polar surface area (TPSA) is 89.4 Å². The van der Waals surface area contributed by atoms with E-state index in [0.717, 1.165) is 11.8 Å². The minimum absolute atomic E-state index is 0.00925. The van der Waals surface area contributed by atoms with E-state index in [9.17, 15) is 9.90 Å². The Balaban J connectivity index is 1.70. The van der Waals surface area contributed by atoms with E-state index in [1.165, 1.54) is 0 Å². The highest BCUT2D eigenvalue weighted by Crippen LogP contribution is 2.36. The maximum atomic E-state index is 12.1. The van der Waals surface area contributed by atoms with Crippen molar-refractivity contribution in [3.05, 3.63) is 64.0 Å². The molecule has 0 unspecified atom stereocenters. The number of aromatic hydroxyl groups is 1. The molecule has 0 aliphatic rings. The van der Waals surface area contributed by atoms with Crippen LogP contribution in [0.5, 0.6) is 5.75 Å². The van der Waals surface area contributed by atoms with Crippen molar-refractivity contribution in [2.45, 2.75) is 10.1 Å². The summed E-state index contributed by atoms with van der Waals surface area (Å²) in [5.74, 6) is 0.104. The van der Waals surface area contributed by atoms with Gasteiger partial charge in [-0.2, -0.15) is 0 Å². The molecular weight excluding hydrogens is 364 g/mol. The van der Waals surface area contributed by atoms with Gasteiger partial charge in [-0.1, -0.05) is 23.7 Å². The summed E-state index contributed by atoms with van der Waals surface area (Å²) in [4.78, 5) is 12.1. The molecule has 4 rings (SSSR count). The van der Waals surface area contributed by atoms with E-state index < -0.39 is 5.63 Å². The third-order valence-electron chi connectivity index (χ3n) is 3.43. The third-order valence-corrected chi connectivity index (χ3v) is 4.59. The second-order valence-corrected chi connectivity index (χ2v) is 6.44. The van der Waals surface area contributed by atoms with Gasteiger partial charge in [-0.25, -0.2) is 4.79 Å². The molecule has 0 amide bonds. The van der Waals surface area contributed by atoms with Crippen molar-refractivity contribution < 1.29 is 13.9 Å². The Hall–Kier alpha value is -2.77. The summed E-state index contributed by atoms with van der Waals surface area (Å²) < 4.78 is 10.8. The zero-order chi connectivity index (χ0) is 17.4. The van der Waals surface area contributed by atoms with Crippen LogP contribution in [0.3, 0.4) is 0 Å². The second-order valence-electron chi connectivity index (χ2n) is 5.05. The van der Waals surface area contributed by atoms with Crippen molar-refractivity contribution in [2.24, 2.45) is 0 Å². The van der Waals surface area contributed by atoms with E-state index in [0.29, 0.717) is 21.6 Å². The average molecular weight is 373 g/mol. The molecule has 25 heavy (non-hydrogen) atoms. The van der Waals surface area contributed by atoms with Gasteiger partial charge < -0.3 is 13.9 Å². The summed E-state index contributed by atoms with van der Waals surface area (Å²) in [7, 11) is 0. The fourth-order valence-electron chi connectivity index (χ4n) is 2.25. The monoisotopic (exact) mass is 372 g/mol. The Morgan fingerprint density at radius 1 is 1.00 bits per heavy atom. The molecule has 2 aromatic carbocycles. The zero-order valence-corrected chi connectivity index (χ0v) is 14.0. The minimum Gasteiger partial charge on any atom is -0.506 e. The van der Waals surface area contributed by atoms with E-state index in [-0.39, 0.29) is 21.8 Å². The fourth-order valence-corrected chi connectivity index (χ4v) is 3.09. The lowest BCUT2D eigenvalue weighted by Gasteiger charge is -2.03. The molecule has 0 radical (unpaired) electrons. The number of hydrogen-bond acceptors (Lipinski definition) is 7. The SMILES string of the molecule is O=c1oc2ccccc2c(O)c1Sc1nnc(-c2ccc(Cl)cc2)o1. The molecule has 4 aromatic rings. The Morgan fingerprint density at radius 2 is 1.76 bits per heavy atom. The number of nitrogens with zero attached hydrogens (tertiary/aromatic N) is 2. The second kappa shape index (κ2) is 6.27. The third kappa shape index (κ3) is 2.99. The number of halogens is 1. The smallest absolute Gasteiger partial charge is 0.354 e. The van der Waals surface area contributed by atoms with Crippen LogP contribution in [-0.4, -0.2) is 15.3 Å². The first-order valence-electron chi connectivity index (χ1n) is 7.14. The van der Waals surface area contributed by atoms with E-state index in [4.69, 9.17) is 20.4 Å². The summed E-state index contributed by atoms with van der Waals surface area (Å²) in [5, 5.41) is 19.3. The molecule has 124 valence electrons. The van der Waals surface area contributed by atoms with Crippen LogP contribution in [0.25, 0.3) is 22.4 Å². The molecule has 1 N–H and O–H groups in total. The number of benzene rings is 2. The van der Waals surface area contributed by atoms with Crippen molar-refractivity contribution in [3.8, 4) is 17.2 Å². The lowest BCUT2D eigenvalue weighted by molar-refractivity contribution is 0.442. The van der Waals surface area contributed by atoms with Crippen LogP contribution < -0.4 is 5.63 Å². The highest BCUT2D eigenvalue weighted by molar-refractivity contribution is 7.99. The summed E-state index contributed by atoms with van der Waals surface area (Å²) in [5.41, 5.74) is 0.327. The number of aromatic nitrogens is 2. The highest BCUT2D eigenvalue weighted by atomic mass is 35.5. The Morgan fingerprint density at radius 3 is 2.56 bits per heavy atom. The van der Waals surface area contributed by atoms with Gasteiger partial charge in [-0.15, -0.1) is 10.2 Å². The van der Waals surface area contributed by atoms with Crippen molar-refractivity contribution in [3.63, 3.8) is 0 Å². The van der Waals surface area contributed by atoms with Crippen LogP contribution in [0.4, 0.5) is 0 Å². The van der Waals surface area contributed by atoms with Gasteiger partial charge >= 0.3 is 5.63 Å². The van der Waals surface area contributed by atoms with Crippen LogP contribution in [0.2, 0.25) is 5.02 Å². The van der Waals surface area contributed by atoms with Gasteiger partial charge in [0.05, 0.1) is 5.39 Å². The molecule has 0 fully saturated rings. The number of hydrogen-bond donors (Lipinski definition) is 1. The molecule has 0 spiro atoms. The number of rotatable bonds is 3. The largest absolute Gasteiger partial charge is 0.506 e. The normalized spacial score (nSPS) is 11.1. The first-order chi connectivity index (χ1) is 12.1. The summed E-state index contributed by atoms with van der Waals surface area (Å²) in [6.07, 6.45) is 0. The van der Waals surface area contributed by atoms with Gasteiger partial charge in [-0.05, 0) is 48.2 Å². The van der Waals surface area contributed by atoms with Crippen molar-refractivity contribution in [1.29, 1.82) is 0 Å². The van der Waals surface area contributed by atoms with E-state index in [1.54, 1.807) is 48.5 Å². The molecule has 0 aliphatic heterocycles. The van der Waals surface area contributed by atoms with Gasteiger partial charge in [-0.3, -0.25) is 0 Å². The van der Waals surface area contributed by atoms with Crippen LogP contribution in [0, 0.1) is 0 Å². The van der Waals surface area contributed by atoms with Crippen LogP contribution in [-0.2, 0) is 0 Å². The van der Waals surface area contributed by atoms with Crippen molar-refractivity contribution in [2.75, 3.05) is 0 Å². The van der Waals surface area contributed by atoms with Crippen molar-refractivity contribution >= 4 is 34.3 Å². The quantitative estimate of drug-likeness (QED) is 0.534. The predicted octanol–water partition coefficient (Wildman–Crippen LogP) is 4.35. The van der Waals surface area contributed by atoms with Gasteiger partial charge in [0.1, 0.15) is 16.2 Å². The van der Waals surface area contributed by atoms with Crippen LogP contribution in [0.1, 0.15) is 0 Å². The molecule has 0 saturated heterocycles. The van der Waals surface area contributed by atoms with E-state index in [2.05, 4.69) is 10.2 Å². The van der Waals surface area contributed by atoms with E-state index in [1.807, 2.05) is 0 Å². The predicted molar refractivity (Wildman–Crippen MR) is 93.0 cm³/mol. The maximum absolute atomic E-state index is 12.1. The van der Waals surface area contributed by atoms with Gasteiger partial charge in [0.15, 0.2) is 0 Å². The summed E-state index contributed by atoms with van der Waals surface area (Å²) in [6, 6.07) is 13.6. The minimum atomic E-state index is -0.674.